The summed E-state index contributed by atoms with van der Waals surface area (Å²) in [6.07, 6.45) is 0. The molecule has 23 heavy (non-hydrogen) atoms. The van der Waals surface area contributed by atoms with E-state index in [0.29, 0.717) is 0 Å². The number of ether oxygens (including phenoxy) is 1. The average molecular weight is 416 g/mol. The molecule has 1 fully saturated rings. The predicted molar refractivity (Wildman–Crippen MR) is 112 cm³/mol. The lowest BCUT2D eigenvalue weighted by atomic mass is 10.2. The van der Waals surface area contributed by atoms with Crippen LogP contribution in [0.4, 0.5) is 0 Å². The molecular weight excluding hydrogens is 402 g/mol. The fraction of sp³-hybridized carbons (Fsp3) is 0.133. The van der Waals surface area contributed by atoms with Crippen LogP contribution in [0.2, 0.25) is 0 Å². The van der Waals surface area contributed by atoms with Gasteiger partial charge in [-0.05, 0) is 31.2 Å². The number of Topliss-reactive ketones (excluding diaryl/α,β-unsaturated/α-hetero) is 1. The molecule has 0 atom stereocenters. The van der Waals surface area contributed by atoms with E-state index in [1.165, 1.54) is 5.30 Å². The van der Waals surface area contributed by atoms with E-state index in [1.807, 2.05) is 36.4 Å². The lowest BCUT2D eigenvalue weighted by Crippen LogP contribution is -2.09. The van der Waals surface area contributed by atoms with Gasteiger partial charge in [0.1, 0.15) is 5.75 Å². The number of hydrogen-bond acceptors (Lipinski definition) is 6. The van der Waals surface area contributed by atoms with Crippen LogP contribution in [0.3, 0.4) is 0 Å². The van der Waals surface area contributed by atoms with Crippen molar-refractivity contribution < 1.29 is 9.53 Å². The highest BCUT2D eigenvalue weighted by atomic mass is 33.7. The fourth-order valence-electron chi connectivity index (χ4n) is 2.12. The Balaban J connectivity index is 1.81. The molecule has 3 rings (SSSR count). The largest absolute Gasteiger partial charge is 0.497 e. The van der Waals surface area contributed by atoms with E-state index in [9.17, 15) is 4.79 Å². The van der Waals surface area contributed by atoms with Gasteiger partial charge in [0.25, 0.3) is 0 Å². The number of carbonyl (C=O) groups excluding carboxylic acids is 1. The number of carbonyl (C=O) groups is 1. The molecule has 8 heteroatoms. The maximum Gasteiger partial charge on any atom is 0.159 e. The molecule has 0 spiro atoms. The summed E-state index contributed by atoms with van der Waals surface area (Å²) in [6.45, 7) is 1.57. The highest BCUT2D eigenvalue weighted by Gasteiger charge is 2.45. The van der Waals surface area contributed by atoms with E-state index in [1.54, 1.807) is 36.0 Å². The molecule has 2 aromatic rings. The van der Waals surface area contributed by atoms with Gasteiger partial charge >= 0.3 is 0 Å². The second kappa shape index (κ2) is 6.67. The molecule has 0 N–H and O–H groups in total. The standard InChI is InChI=1S/C15H14O2P2S4/c1-11(16)12-3-7-14(8-4-12)18(20)22-19(21,23-18)15-9-5-13(17-2)6-10-15/h3-10H,1-2H3. The zero-order chi connectivity index (χ0) is 16.7. The summed E-state index contributed by atoms with van der Waals surface area (Å²) >= 11 is 15.4. The zero-order valence-corrected chi connectivity index (χ0v) is 17.5. The highest BCUT2D eigenvalue weighted by molar-refractivity contribution is 9.48. The minimum absolute atomic E-state index is 0.0746. The van der Waals surface area contributed by atoms with Gasteiger partial charge in [0.15, 0.2) is 5.78 Å². The molecule has 0 amide bonds. The molecular formula is C15H14O2P2S4. The summed E-state index contributed by atoms with van der Waals surface area (Å²) in [4.78, 5) is 11.4. The molecule has 0 radical (unpaired) electrons. The van der Waals surface area contributed by atoms with Gasteiger partial charge in [-0.3, -0.25) is 4.79 Å². The third kappa shape index (κ3) is 3.49. The van der Waals surface area contributed by atoms with Crippen molar-refractivity contribution in [1.82, 2.24) is 0 Å². The molecule has 0 aromatic heterocycles. The maximum atomic E-state index is 11.4. The number of benzene rings is 2. The minimum Gasteiger partial charge on any atom is -0.497 e. The summed E-state index contributed by atoms with van der Waals surface area (Å²) in [7, 11) is 1.66. The Morgan fingerprint density at radius 2 is 1.35 bits per heavy atom. The second-order valence-electron chi connectivity index (χ2n) is 4.96. The number of methoxy groups -OCH3 is 1. The van der Waals surface area contributed by atoms with Crippen molar-refractivity contribution in [2.75, 3.05) is 7.11 Å². The van der Waals surface area contributed by atoms with Gasteiger partial charge in [-0.1, -0.05) is 69.9 Å². The normalized spacial score (nSPS) is 26.3. The molecule has 1 aliphatic heterocycles. The van der Waals surface area contributed by atoms with Gasteiger partial charge in [-0.25, -0.2) is 0 Å². The second-order valence-corrected chi connectivity index (χ2v) is 26.2. The SMILES string of the molecule is COc1ccc(P2(=S)SP(=S)(c3ccc(C(C)=O)cc3)S2)cc1. The number of rotatable bonds is 4. The molecule has 0 saturated carbocycles. The molecule has 0 unspecified atom stereocenters. The molecule has 0 aliphatic carbocycles. The maximum absolute atomic E-state index is 11.4. The van der Waals surface area contributed by atoms with Crippen molar-refractivity contribution >= 4 is 70.9 Å². The first kappa shape index (κ1) is 17.7. The highest BCUT2D eigenvalue weighted by Crippen LogP contribution is 3.04. The molecule has 1 saturated heterocycles. The summed E-state index contributed by atoms with van der Waals surface area (Å²) in [5.74, 6) is 0.913. The first-order valence-corrected chi connectivity index (χ1v) is 16.4. The van der Waals surface area contributed by atoms with Crippen LogP contribution in [0.15, 0.2) is 48.5 Å². The van der Waals surface area contributed by atoms with E-state index < -0.39 is 8.88 Å². The van der Waals surface area contributed by atoms with E-state index in [4.69, 9.17) is 28.4 Å². The van der Waals surface area contributed by atoms with Crippen molar-refractivity contribution in [2.45, 2.75) is 6.92 Å². The predicted octanol–water partition coefficient (Wildman–Crippen LogP) is 4.95. The Kier molecular flexibility index (Phi) is 5.14. The van der Waals surface area contributed by atoms with E-state index in [-0.39, 0.29) is 5.78 Å². The van der Waals surface area contributed by atoms with Gasteiger partial charge in [-0.15, -0.1) is 0 Å². The summed E-state index contributed by atoms with van der Waals surface area (Å²) in [5, 5.41) is 2.32. The Bertz CT molecular complexity index is 833. The van der Waals surface area contributed by atoms with Crippen LogP contribution < -0.4 is 15.3 Å². The first-order valence-electron chi connectivity index (χ1n) is 6.75. The van der Waals surface area contributed by atoms with Crippen LogP contribution in [0.1, 0.15) is 17.3 Å². The number of ketones is 1. The molecule has 1 aliphatic rings. The third-order valence-corrected chi connectivity index (χ3v) is 34.6. The lowest BCUT2D eigenvalue weighted by Gasteiger charge is -2.40. The lowest BCUT2D eigenvalue weighted by molar-refractivity contribution is 0.101. The van der Waals surface area contributed by atoms with Crippen molar-refractivity contribution in [3.63, 3.8) is 0 Å². The van der Waals surface area contributed by atoms with Crippen LogP contribution in [0, 0.1) is 0 Å². The topological polar surface area (TPSA) is 26.3 Å². The molecule has 2 nitrogen and oxygen atoms in total. The Morgan fingerprint density at radius 3 is 1.74 bits per heavy atom. The summed E-state index contributed by atoms with van der Waals surface area (Å²) < 4.78 is 1.76. The van der Waals surface area contributed by atoms with Gasteiger partial charge in [0.05, 0.1) is 16.0 Å². The van der Waals surface area contributed by atoms with E-state index >= 15 is 0 Å². The van der Waals surface area contributed by atoms with Gasteiger partial charge in [0.2, 0.25) is 0 Å². The summed E-state index contributed by atoms with van der Waals surface area (Å²) in [6, 6.07) is 15.7. The van der Waals surface area contributed by atoms with Crippen molar-refractivity contribution in [2.24, 2.45) is 0 Å². The average Bonchev–Trinajstić information content (AvgIpc) is 2.53. The minimum atomic E-state index is -1.73. The fourth-order valence-corrected chi connectivity index (χ4v) is 44.4. The molecule has 2 aromatic carbocycles. The Labute approximate surface area is 153 Å². The molecule has 1 heterocycles. The van der Waals surface area contributed by atoms with Crippen LogP contribution in [-0.4, -0.2) is 12.9 Å². The first-order chi connectivity index (χ1) is 10.9. The molecule has 0 bridgehead atoms. The Hall–Kier alpha value is -0.0900. The van der Waals surface area contributed by atoms with Gasteiger partial charge in [0, 0.05) is 16.2 Å². The number of hydrogen-bond donors (Lipinski definition) is 0. The van der Waals surface area contributed by atoms with Crippen molar-refractivity contribution in [1.29, 1.82) is 0 Å². The molecule has 120 valence electrons. The van der Waals surface area contributed by atoms with Crippen molar-refractivity contribution in [3.8, 4) is 5.75 Å². The van der Waals surface area contributed by atoms with Gasteiger partial charge < -0.3 is 4.74 Å². The Morgan fingerprint density at radius 1 is 0.913 bits per heavy atom. The van der Waals surface area contributed by atoms with E-state index in [0.717, 1.165) is 16.6 Å². The zero-order valence-electron chi connectivity index (χ0n) is 12.5. The van der Waals surface area contributed by atoms with Crippen LogP contribution in [0.25, 0.3) is 0 Å². The summed E-state index contributed by atoms with van der Waals surface area (Å²) in [5.41, 5.74) is 0.723. The smallest absolute Gasteiger partial charge is 0.159 e. The monoisotopic (exact) mass is 416 g/mol. The van der Waals surface area contributed by atoms with Gasteiger partial charge in [-0.2, -0.15) is 0 Å². The van der Waals surface area contributed by atoms with Crippen LogP contribution in [0.5, 0.6) is 5.75 Å². The van der Waals surface area contributed by atoms with Crippen LogP contribution in [-0.2, 0) is 23.6 Å². The van der Waals surface area contributed by atoms with Crippen molar-refractivity contribution in [3.05, 3.63) is 54.1 Å². The van der Waals surface area contributed by atoms with Crippen LogP contribution >= 0.6 is 30.9 Å². The third-order valence-electron chi connectivity index (χ3n) is 3.41. The quantitative estimate of drug-likeness (QED) is 0.517. The van der Waals surface area contributed by atoms with E-state index in [2.05, 4.69) is 12.1 Å².